The monoisotopic (exact) mass is 1180 g/mol. The van der Waals surface area contributed by atoms with Crippen LogP contribution in [0.25, 0.3) is 0 Å². The van der Waals surface area contributed by atoms with E-state index in [9.17, 15) is 106 Å². The van der Waals surface area contributed by atoms with E-state index in [1.807, 2.05) is 0 Å². The molecule has 78 heavy (non-hydrogen) atoms. The Morgan fingerprint density at radius 3 is 1.33 bits per heavy atom. The minimum absolute atomic E-state index is 0.268. The van der Waals surface area contributed by atoms with Crippen molar-refractivity contribution in [2.45, 2.75) is 216 Å². The minimum Gasteiger partial charge on any atom is -0.756 e. The van der Waals surface area contributed by atoms with Gasteiger partial charge in [0.15, 0.2) is 31.5 Å². The number of ether oxygens (including phenoxy) is 10. The maximum absolute atomic E-state index is 12.9. The van der Waals surface area contributed by atoms with Crippen LogP contribution in [0, 0.1) is 0 Å². The lowest BCUT2D eigenvalue weighted by molar-refractivity contribution is -0.396. The summed E-state index contributed by atoms with van der Waals surface area (Å²) in [6, 6.07) is -1.83. The summed E-state index contributed by atoms with van der Waals surface area (Å²) in [5, 5.41) is 203. The first-order valence-electron chi connectivity index (χ1n) is 25.0. The molecule has 32 atom stereocenters. The fourth-order valence-corrected chi connectivity index (χ4v) is 10.7. The van der Waals surface area contributed by atoms with Gasteiger partial charge in [-0.2, -0.15) is 12.6 Å². The third-order valence-electron chi connectivity index (χ3n) is 14.3. The van der Waals surface area contributed by atoms with Crippen LogP contribution in [0.15, 0.2) is 0 Å². The van der Waals surface area contributed by atoms with Crippen molar-refractivity contribution in [2.24, 2.45) is 5.73 Å². The van der Waals surface area contributed by atoms with Gasteiger partial charge < -0.3 is 164 Å². The maximum atomic E-state index is 12.9. The van der Waals surface area contributed by atoms with Crippen molar-refractivity contribution >= 4 is 20.5 Å². The molecule has 36 heteroatoms. The van der Waals surface area contributed by atoms with E-state index in [1.165, 1.54) is 0 Å². The van der Waals surface area contributed by atoms with E-state index in [4.69, 9.17) is 62.1 Å². The van der Waals surface area contributed by atoms with E-state index in [2.05, 4.69) is 12.6 Å². The number of phosphoric acid groups is 1. The number of nitrogens with two attached hydrogens (primary N) is 1. The zero-order chi connectivity index (χ0) is 57.7. The summed E-state index contributed by atoms with van der Waals surface area (Å²) >= 11 is 4.11. The second-order valence-electron chi connectivity index (χ2n) is 19.6. The highest BCUT2D eigenvalue weighted by atomic mass is 32.1. The van der Waals surface area contributed by atoms with Gasteiger partial charge in [0.25, 0.3) is 7.82 Å². The molecule has 21 N–H and O–H groups in total. The molecule has 5 aliphatic heterocycles. The smallest absolute Gasteiger partial charge is 0.268 e. The summed E-state index contributed by atoms with van der Waals surface area (Å²) in [6.45, 7) is -5.24. The standard InChI is InChI=1S/C42H76NO33PS/c43-17-22(52)33(15(10-47)70-38(17)73-34-29(59)25(55)26(56)30(60)35(34)76-77(63,64)66-5-3-1-2-4-6-78)72-40-32(62)24(54)21(51)16(71-40)11-65-41-36(27(57)19(49)13(8-45)68-41)75-42-37(28(58)20(50)14(9-46)69-42)74-39-31(61)23(53)18(48)12(7-44)67-39/h12-42,44-62,78H,1-11,43H2,(H,63,64)/p-1/t12-,13-,14-,15-,16-,17-,18-,19-,20-,21-,22-,23+,24+,25-,26-,27+,28+,29+,30-,31+,32+,33-,34-,35-,36+,37+,38-,39-,40-,41+,42-/m1/s1. The Labute approximate surface area is 449 Å². The molecule has 6 fully saturated rings. The predicted molar refractivity (Wildman–Crippen MR) is 246 cm³/mol. The number of phosphoric ester groups is 1. The number of thiol groups is 1. The fraction of sp³-hybridized carbons (Fsp3) is 1.00. The van der Waals surface area contributed by atoms with Gasteiger partial charge in [0, 0.05) is 0 Å². The van der Waals surface area contributed by atoms with Crippen LogP contribution < -0.4 is 10.6 Å². The van der Waals surface area contributed by atoms with Gasteiger partial charge in [0.1, 0.15) is 153 Å². The number of aliphatic hydroxyl groups excluding tert-OH is 19. The number of rotatable bonds is 24. The Balaban J connectivity index is 1.15. The quantitative estimate of drug-likeness (QED) is 0.0242. The first-order chi connectivity index (χ1) is 36.9. The highest BCUT2D eigenvalue weighted by Gasteiger charge is 2.58. The first kappa shape index (κ1) is 66.4. The molecule has 0 spiro atoms. The molecule has 0 aromatic heterocycles. The van der Waals surface area contributed by atoms with Gasteiger partial charge in [-0.15, -0.1) is 0 Å². The van der Waals surface area contributed by atoms with E-state index < -0.39 is 231 Å². The lowest BCUT2D eigenvalue weighted by Gasteiger charge is -2.49. The van der Waals surface area contributed by atoms with E-state index in [1.54, 1.807) is 0 Å². The zero-order valence-corrected chi connectivity index (χ0v) is 43.1. The van der Waals surface area contributed by atoms with Gasteiger partial charge >= 0.3 is 0 Å². The molecule has 0 aromatic carbocycles. The summed E-state index contributed by atoms with van der Waals surface area (Å²) in [4.78, 5) is 12.9. The van der Waals surface area contributed by atoms with Gasteiger partial charge in [-0.3, -0.25) is 4.57 Å². The highest BCUT2D eigenvalue weighted by molar-refractivity contribution is 7.80. The van der Waals surface area contributed by atoms with Gasteiger partial charge in [0.05, 0.1) is 45.7 Å². The Morgan fingerprint density at radius 1 is 0.410 bits per heavy atom. The van der Waals surface area contributed by atoms with Crippen molar-refractivity contribution in [1.82, 2.24) is 0 Å². The Bertz CT molecular complexity index is 1850. The summed E-state index contributed by atoms with van der Waals surface area (Å²) in [5.74, 6) is 0.607. The Morgan fingerprint density at radius 2 is 0.795 bits per heavy atom. The average molecular weight is 1190 g/mol. The predicted octanol–water partition coefficient (Wildman–Crippen LogP) is -12.7. The van der Waals surface area contributed by atoms with Crippen LogP contribution in [0.5, 0.6) is 0 Å². The number of aliphatic hydroxyl groups is 19. The Kier molecular flexibility index (Phi) is 25.0. The van der Waals surface area contributed by atoms with E-state index in [-0.39, 0.29) is 13.0 Å². The normalized spacial score (nSPS) is 49.3. The summed E-state index contributed by atoms with van der Waals surface area (Å²) < 4.78 is 79.7. The molecule has 0 bridgehead atoms. The summed E-state index contributed by atoms with van der Waals surface area (Å²) in [5.41, 5.74) is 6.26. The van der Waals surface area contributed by atoms with Crippen molar-refractivity contribution in [3.63, 3.8) is 0 Å². The molecule has 458 valence electrons. The number of hydrogen-bond donors (Lipinski definition) is 21. The number of hydrogen-bond acceptors (Lipinski definition) is 35. The van der Waals surface area contributed by atoms with E-state index in [0.29, 0.717) is 18.6 Å². The van der Waals surface area contributed by atoms with E-state index in [0.717, 1.165) is 6.42 Å². The van der Waals surface area contributed by atoms with Crippen molar-refractivity contribution in [3.05, 3.63) is 0 Å². The van der Waals surface area contributed by atoms with Crippen molar-refractivity contribution < 1.29 is 163 Å². The molecule has 1 unspecified atom stereocenters. The van der Waals surface area contributed by atoms with Gasteiger partial charge in [-0.1, -0.05) is 12.8 Å². The SMILES string of the molecule is N[C@H]1[C@@H](O[C@@H]2[C@@H](O)[C@H](O)[C@@H](O)[C@@H](O)[C@H]2OP(=O)([O-])OCCCCCCS)O[C@H](CO)[C@@H](O[C@H]2O[C@H](CO[C@H]3O[C@H](CO)[C@@H](O)[C@H](O)[C@@H]3O[C@H]3O[C@H](CO)[C@@H](O)[C@H](O)[C@@H]3O[C@H]3O[C@H](CO)[C@@H](O)[C@H](O)[C@@H]3O)[C@@H](O)[C@H](O)[C@@H]2O)[C@@H]1O. The van der Waals surface area contributed by atoms with Crippen LogP contribution in [-0.2, 0) is 61.0 Å². The first-order valence-corrected chi connectivity index (χ1v) is 27.1. The average Bonchev–Trinajstić information content (AvgIpc) is 3.46. The molecule has 0 aromatic rings. The van der Waals surface area contributed by atoms with Crippen molar-refractivity contribution in [1.29, 1.82) is 0 Å². The van der Waals surface area contributed by atoms with Crippen molar-refractivity contribution in [2.75, 3.05) is 45.4 Å². The molecule has 5 saturated heterocycles. The molecule has 1 saturated carbocycles. The maximum Gasteiger partial charge on any atom is 0.268 e. The molecule has 0 radical (unpaired) electrons. The molecule has 6 aliphatic rings. The zero-order valence-electron chi connectivity index (χ0n) is 41.4. The van der Waals surface area contributed by atoms with Crippen LogP contribution >= 0.6 is 20.5 Å². The highest BCUT2D eigenvalue weighted by Crippen LogP contribution is 2.45. The lowest BCUT2D eigenvalue weighted by Crippen LogP contribution is -2.69. The number of unbranched alkanes of at least 4 members (excludes halogenated alkanes) is 3. The van der Waals surface area contributed by atoms with Gasteiger partial charge in [-0.25, -0.2) is 0 Å². The van der Waals surface area contributed by atoms with Crippen LogP contribution in [0.1, 0.15) is 25.7 Å². The Hall–Kier alpha value is -0.740. The van der Waals surface area contributed by atoms with Crippen LogP contribution in [0.4, 0.5) is 0 Å². The molecular formula is C42H75NO33PS-. The summed E-state index contributed by atoms with van der Waals surface area (Å²) in [7, 11) is -5.35. The largest absolute Gasteiger partial charge is 0.756 e. The van der Waals surface area contributed by atoms with Crippen LogP contribution in [0.2, 0.25) is 0 Å². The topological polar surface area (TPSA) is 561 Å². The molecule has 34 nitrogen and oxygen atoms in total. The third-order valence-corrected chi connectivity index (χ3v) is 15.6. The molecular weight excluding hydrogens is 1110 g/mol. The van der Waals surface area contributed by atoms with Crippen LogP contribution in [0.3, 0.4) is 0 Å². The van der Waals surface area contributed by atoms with Crippen molar-refractivity contribution in [3.8, 4) is 0 Å². The molecule has 1 aliphatic carbocycles. The molecule has 6 rings (SSSR count). The molecule has 0 amide bonds. The fourth-order valence-electron chi connectivity index (χ4n) is 9.56. The van der Waals surface area contributed by atoms with Gasteiger partial charge in [0.2, 0.25) is 0 Å². The second-order valence-corrected chi connectivity index (χ2v) is 21.4. The van der Waals surface area contributed by atoms with Gasteiger partial charge in [-0.05, 0) is 18.6 Å². The van der Waals surface area contributed by atoms with Crippen LogP contribution in [-0.4, -0.2) is 333 Å². The second kappa shape index (κ2) is 29.4. The third kappa shape index (κ3) is 15.0. The summed E-state index contributed by atoms with van der Waals surface area (Å²) in [6.07, 6.45) is -58.0. The minimum atomic E-state index is -5.35. The van der Waals surface area contributed by atoms with E-state index >= 15 is 0 Å². The molecule has 5 heterocycles. The lowest BCUT2D eigenvalue weighted by atomic mass is 9.84.